The van der Waals surface area contributed by atoms with E-state index in [9.17, 15) is 4.79 Å². The number of carbonyl (C=O) groups is 1. The molecule has 3 heteroatoms. The molecule has 0 aromatic rings. The summed E-state index contributed by atoms with van der Waals surface area (Å²) in [6, 6.07) is 0. The quantitative estimate of drug-likeness (QED) is 0.720. The van der Waals surface area contributed by atoms with Crippen molar-refractivity contribution in [1.82, 2.24) is 4.90 Å². The number of rotatable bonds is 2. The van der Waals surface area contributed by atoms with Gasteiger partial charge in [0.1, 0.15) is 5.78 Å². The van der Waals surface area contributed by atoms with Crippen LogP contribution in [0.3, 0.4) is 0 Å². The van der Waals surface area contributed by atoms with Crippen molar-refractivity contribution >= 4 is 5.78 Å². The second-order valence-corrected chi connectivity index (χ2v) is 5.48. The third-order valence-electron chi connectivity index (χ3n) is 4.33. The minimum atomic E-state index is 0.264. The number of carbonyl (C=O) groups excluding carboxylic acids is 1. The molecule has 2 rings (SSSR count). The summed E-state index contributed by atoms with van der Waals surface area (Å²) in [6.07, 6.45) is 6.72. The number of Topliss-reactive ketones (excluding diaryl/α,β-unsaturated/α-hetero) is 1. The van der Waals surface area contributed by atoms with E-state index in [-0.39, 0.29) is 5.54 Å². The lowest BCUT2D eigenvalue weighted by Gasteiger charge is -2.47. The smallest absolute Gasteiger partial charge is 0.135 e. The molecule has 0 unspecified atom stereocenters. The number of ether oxygens (including phenoxy) is 1. The van der Waals surface area contributed by atoms with Gasteiger partial charge >= 0.3 is 0 Å². The van der Waals surface area contributed by atoms with Crippen molar-refractivity contribution in [3.63, 3.8) is 0 Å². The van der Waals surface area contributed by atoms with Gasteiger partial charge in [-0.1, -0.05) is 0 Å². The van der Waals surface area contributed by atoms with Gasteiger partial charge in [-0.15, -0.1) is 0 Å². The van der Waals surface area contributed by atoms with Crippen LogP contribution in [0.25, 0.3) is 0 Å². The Morgan fingerprint density at radius 3 is 2.69 bits per heavy atom. The van der Waals surface area contributed by atoms with Crippen molar-refractivity contribution in [1.29, 1.82) is 0 Å². The van der Waals surface area contributed by atoms with Crippen LogP contribution in [0.4, 0.5) is 0 Å². The molecule has 1 saturated heterocycles. The Morgan fingerprint density at radius 1 is 1.38 bits per heavy atom. The highest BCUT2D eigenvalue weighted by atomic mass is 16.5. The van der Waals surface area contributed by atoms with Crippen LogP contribution in [-0.4, -0.2) is 42.5 Å². The molecule has 2 aliphatic rings. The molecule has 3 nitrogen and oxygen atoms in total. The molecule has 0 bridgehead atoms. The summed E-state index contributed by atoms with van der Waals surface area (Å²) in [7, 11) is 1.82. The summed E-state index contributed by atoms with van der Waals surface area (Å²) >= 11 is 0. The molecular weight excluding hydrogens is 202 g/mol. The topological polar surface area (TPSA) is 29.5 Å². The van der Waals surface area contributed by atoms with Crippen LogP contribution >= 0.6 is 0 Å². The predicted octanol–water partition coefficient (Wildman–Crippen LogP) is 2.00. The largest absolute Gasteiger partial charge is 0.381 e. The van der Waals surface area contributed by atoms with Gasteiger partial charge in [-0.3, -0.25) is 9.69 Å². The van der Waals surface area contributed by atoms with Gasteiger partial charge in [-0.05, 0) is 32.6 Å². The summed E-state index contributed by atoms with van der Waals surface area (Å²) in [5, 5.41) is 0. The van der Waals surface area contributed by atoms with Crippen LogP contribution in [0.15, 0.2) is 0 Å². The zero-order valence-electron chi connectivity index (χ0n) is 10.5. The van der Waals surface area contributed by atoms with E-state index in [4.69, 9.17) is 4.74 Å². The lowest BCUT2D eigenvalue weighted by Crippen LogP contribution is -2.53. The molecule has 1 saturated carbocycles. The first-order valence-corrected chi connectivity index (χ1v) is 6.43. The van der Waals surface area contributed by atoms with Crippen LogP contribution in [0.1, 0.15) is 45.4 Å². The molecule has 0 N–H and O–H groups in total. The first-order chi connectivity index (χ1) is 7.64. The average molecular weight is 225 g/mol. The van der Waals surface area contributed by atoms with Crippen molar-refractivity contribution in [2.24, 2.45) is 0 Å². The van der Waals surface area contributed by atoms with E-state index < -0.39 is 0 Å². The number of nitrogens with zero attached hydrogens (tertiary/aromatic N) is 1. The zero-order chi connectivity index (χ0) is 11.6. The fourth-order valence-corrected chi connectivity index (χ4v) is 3.19. The molecular formula is C13H23NO2. The first kappa shape index (κ1) is 12.1. The highest BCUT2D eigenvalue weighted by molar-refractivity contribution is 5.79. The van der Waals surface area contributed by atoms with Gasteiger partial charge in [-0.2, -0.15) is 0 Å². The summed E-state index contributed by atoms with van der Waals surface area (Å²) in [6.45, 7) is 4.24. The fourth-order valence-electron chi connectivity index (χ4n) is 3.19. The van der Waals surface area contributed by atoms with Gasteiger partial charge < -0.3 is 4.74 Å². The second-order valence-electron chi connectivity index (χ2n) is 5.48. The standard InChI is InChI=1S/C13H23NO2/c1-13(7-3-4-12(10-13)16-2)14-8-5-11(15)6-9-14/h12H,3-10H2,1-2H3/t12-,13+/m1/s1. The summed E-state index contributed by atoms with van der Waals surface area (Å²) < 4.78 is 5.50. The van der Waals surface area contributed by atoms with Crippen LogP contribution < -0.4 is 0 Å². The Balaban J connectivity index is 1.97. The molecule has 2 atom stereocenters. The molecule has 0 aromatic heterocycles. The highest BCUT2D eigenvalue weighted by Gasteiger charge is 2.38. The van der Waals surface area contributed by atoms with Gasteiger partial charge in [0.2, 0.25) is 0 Å². The molecule has 2 fully saturated rings. The SMILES string of the molecule is CO[C@@H]1CCC[C@](C)(N2CCC(=O)CC2)C1. The van der Waals surface area contributed by atoms with Gasteiger partial charge in [0.05, 0.1) is 6.10 Å². The number of methoxy groups -OCH3 is 1. The number of piperidine rings is 1. The molecule has 1 aliphatic carbocycles. The molecule has 16 heavy (non-hydrogen) atoms. The van der Waals surface area contributed by atoms with E-state index in [1.807, 2.05) is 7.11 Å². The van der Waals surface area contributed by atoms with Gasteiger partial charge in [0, 0.05) is 38.6 Å². The third-order valence-corrected chi connectivity index (χ3v) is 4.33. The van der Waals surface area contributed by atoms with Crippen LogP contribution in [0, 0.1) is 0 Å². The van der Waals surface area contributed by atoms with E-state index in [1.54, 1.807) is 0 Å². The number of likely N-dealkylation sites (tertiary alicyclic amines) is 1. The van der Waals surface area contributed by atoms with Crippen LogP contribution in [0.2, 0.25) is 0 Å². The minimum Gasteiger partial charge on any atom is -0.381 e. The Hall–Kier alpha value is -0.410. The van der Waals surface area contributed by atoms with Crippen molar-refractivity contribution in [2.45, 2.75) is 57.1 Å². The van der Waals surface area contributed by atoms with Gasteiger partial charge in [0.15, 0.2) is 0 Å². The monoisotopic (exact) mass is 225 g/mol. The van der Waals surface area contributed by atoms with E-state index in [0.717, 1.165) is 32.4 Å². The number of hydrogen-bond acceptors (Lipinski definition) is 3. The molecule has 0 radical (unpaired) electrons. The lowest BCUT2D eigenvalue weighted by molar-refractivity contribution is -0.123. The molecule has 1 heterocycles. The Kier molecular flexibility index (Phi) is 3.65. The van der Waals surface area contributed by atoms with Crippen molar-refractivity contribution in [2.75, 3.05) is 20.2 Å². The predicted molar refractivity (Wildman–Crippen MR) is 63.5 cm³/mol. The maximum atomic E-state index is 11.3. The normalized spacial score (nSPS) is 37.6. The van der Waals surface area contributed by atoms with Gasteiger partial charge in [-0.25, -0.2) is 0 Å². The van der Waals surface area contributed by atoms with E-state index in [2.05, 4.69) is 11.8 Å². The van der Waals surface area contributed by atoms with Crippen LogP contribution in [0.5, 0.6) is 0 Å². The average Bonchev–Trinajstić information content (AvgIpc) is 2.29. The second kappa shape index (κ2) is 4.84. The summed E-state index contributed by atoms with van der Waals surface area (Å²) in [5.41, 5.74) is 0.264. The van der Waals surface area contributed by atoms with E-state index in [1.165, 1.54) is 19.3 Å². The molecule has 0 aromatic carbocycles. The zero-order valence-corrected chi connectivity index (χ0v) is 10.5. The van der Waals surface area contributed by atoms with Crippen LogP contribution in [-0.2, 0) is 9.53 Å². The number of hydrogen-bond donors (Lipinski definition) is 0. The fraction of sp³-hybridized carbons (Fsp3) is 0.923. The highest BCUT2D eigenvalue weighted by Crippen LogP contribution is 2.35. The first-order valence-electron chi connectivity index (χ1n) is 6.43. The Morgan fingerprint density at radius 2 is 2.06 bits per heavy atom. The van der Waals surface area contributed by atoms with Gasteiger partial charge in [0.25, 0.3) is 0 Å². The summed E-state index contributed by atoms with van der Waals surface area (Å²) in [4.78, 5) is 13.8. The maximum Gasteiger partial charge on any atom is 0.135 e. The van der Waals surface area contributed by atoms with Crippen molar-refractivity contribution in [3.05, 3.63) is 0 Å². The maximum absolute atomic E-state index is 11.3. The van der Waals surface area contributed by atoms with Crippen molar-refractivity contribution < 1.29 is 9.53 Å². The summed E-state index contributed by atoms with van der Waals surface area (Å²) in [5.74, 6) is 0.430. The Bertz CT molecular complexity index is 257. The van der Waals surface area contributed by atoms with Crippen molar-refractivity contribution in [3.8, 4) is 0 Å². The van der Waals surface area contributed by atoms with E-state index >= 15 is 0 Å². The van der Waals surface area contributed by atoms with E-state index in [0.29, 0.717) is 11.9 Å². The lowest BCUT2D eigenvalue weighted by atomic mass is 9.79. The minimum absolute atomic E-state index is 0.264. The molecule has 0 amide bonds. The molecule has 92 valence electrons. The number of ketones is 1. The Labute approximate surface area is 98.1 Å². The third kappa shape index (κ3) is 2.46. The molecule has 0 spiro atoms. The molecule has 1 aliphatic heterocycles.